The number of carbonyl (C=O) groups is 1. The standard InChI is InChI=1S/C14H21NO3/c1-17-10-11-18-14-8-3-2-6-12(14)13(16)7-4-5-9-15/h2-3,6,8H,4-5,7,9-11,15H2,1H3. The van der Waals surface area contributed by atoms with Gasteiger partial charge in [0.15, 0.2) is 5.78 Å². The average Bonchev–Trinajstić information content (AvgIpc) is 2.40. The van der Waals surface area contributed by atoms with Crippen molar-refractivity contribution in [2.45, 2.75) is 19.3 Å². The zero-order valence-corrected chi connectivity index (χ0v) is 10.9. The van der Waals surface area contributed by atoms with E-state index in [4.69, 9.17) is 15.2 Å². The topological polar surface area (TPSA) is 61.5 Å². The molecule has 0 spiro atoms. The number of benzene rings is 1. The summed E-state index contributed by atoms with van der Waals surface area (Å²) >= 11 is 0. The third-order valence-corrected chi connectivity index (χ3v) is 2.59. The molecule has 0 heterocycles. The Kier molecular flexibility index (Phi) is 7.06. The molecule has 0 saturated carbocycles. The number of unbranched alkanes of at least 4 members (excludes halogenated alkanes) is 1. The van der Waals surface area contributed by atoms with E-state index in [0.717, 1.165) is 12.8 Å². The van der Waals surface area contributed by atoms with E-state index in [9.17, 15) is 4.79 Å². The minimum atomic E-state index is 0.108. The normalized spacial score (nSPS) is 10.3. The third-order valence-electron chi connectivity index (χ3n) is 2.59. The Morgan fingerprint density at radius 2 is 2.00 bits per heavy atom. The molecular weight excluding hydrogens is 230 g/mol. The first kappa shape index (κ1) is 14.7. The van der Waals surface area contributed by atoms with Crippen LogP contribution in [0.25, 0.3) is 0 Å². The van der Waals surface area contributed by atoms with E-state index in [0.29, 0.717) is 37.5 Å². The van der Waals surface area contributed by atoms with E-state index in [-0.39, 0.29) is 5.78 Å². The molecule has 0 unspecified atom stereocenters. The van der Waals surface area contributed by atoms with Gasteiger partial charge < -0.3 is 15.2 Å². The van der Waals surface area contributed by atoms with Crippen molar-refractivity contribution in [2.75, 3.05) is 26.9 Å². The summed E-state index contributed by atoms with van der Waals surface area (Å²) in [6.07, 6.45) is 2.21. The number of hydrogen-bond acceptors (Lipinski definition) is 4. The fourth-order valence-corrected chi connectivity index (χ4v) is 1.62. The first-order chi connectivity index (χ1) is 8.79. The van der Waals surface area contributed by atoms with E-state index < -0.39 is 0 Å². The Balaban J connectivity index is 2.59. The van der Waals surface area contributed by atoms with Crippen LogP contribution in [0.5, 0.6) is 5.75 Å². The molecule has 4 heteroatoms. The summed E-state index contributed by atoms with van der Waals surface area (Å²) in [6, 6.07) is 7.32. The monoisotopic (exact) mass is 251 g/mol. The number of hydrogen-bond donors (Lipinski definition) is 1. The minimum Gasteiger partial charge on any atom is -0.490 e. The Morgan fingerprint density at radius 1 is 1.22 bits per heavy atom. The molecule has 0 saturated heterocycles. The van der Waals surface area contributed by atoms with Crippen molar-refractivity contribution < 1.29 is 14.3 Å². The van der Waals surface area contributed by atoms with Crippen LogP contribution in [-0.2, 0) is 4.74 Å². The van der Waals surface area contributed by atoms with E-state index in [1.807, 2.05) is 18.2 Å². The summed E-state index contributed by atoms with van der Waals surface area (Å²) in [5.41, 5.74) is 6.06. The van der Waals surface area contributed by atoms with Crippen molar-refractivity contribution in [1.82, 2.24) is 0 Å². The van der Waals surface area contributed by atoms with Crippen LogP contribution in [0.2, 0.25) is 0 Å². The highest BCUT2D eigenvalue weighted by Gasteiger charge is 2.11. The molecule has 18 heavy (non-hydrogen) atoms. The molecule has 0 aliphatic rings. The van der Waals surface area contributed by atoms with Crippen molar-refractivity contribution in [3.05, 3.63) is 29.8 Å². The van der Waals surface area contributed by atoms with E-state index in [2.05, 4.69) is 0 Å². The van der Waals surface area contributed by atoms with Crippen molar-refractivity contribution in [3.8, 4) is 5.75 Å². The van der Waals surface area contributed by atoms with Crippen LogP contribution in [0.1, 0.15) is 29.6 Å². The summed E-state index contributed by atoms with van der Waals surface area (Å²) in [6.45, 7) is 1.58. The van der Waals surface area contributed by atoms with Gasteiger partial charge in [0.05, 0.1) is 12.2 Å². The quantitative estimate of drug-likeness (QED) is 0.539. The Labute approximate surface area is 108 Å². The Bertz CT molecular complexity index is 366. The van der Waals surface area contributed by atoms with Gasteiger partial charge in [0.1, 0.15) is 12.4 Å². The average molecular weight is 251 g/mol. The van der Waals surface area contributed by atoms with Gasteiger partial charge in [0.2, 0.25) is 0 Å². The second kappa shape index (κ2) is 8.66. The molecule has 0 radical (unpaired) electrons. The van der Waals surface area contributed by atoms with Crippen LogP contribution in [0.3, 0.4) is 0 Å². The van der Waals surface area contributed by atoms with Gasteiger partial charge in [-0.15, -0.1) is 0 Å². The van der Waals surface area contributed by atoms with Crippen molar-refractivity contribution >= 4 is 5.78 Å². The third kappa shape index (κ3) is 4.85. The molecule has 0 aliphatic heterocycles. The highest BCUT2D eigenvalue weighted by Crippen LogP contribution is 2.20. The lowest BCUT2D eigenvalue weighted by atomic mass is 10.0. The molecule has 0 bridgehead atoms. The maximum Gasteiger partial charge on any atom is 0.166 e. The first-order valence-electron chi connectivity index (χ1n) is 6.23. The maximum absolute atomic E-state index is 12.0. The summed E-state index contributed by atoms with van der Waals surface area (Å²) in [4.78, 5) is 12.0. The van der Waals surface area contributed by atoms with Crippen LogP contribution in [0.15, 0.2) is 24.3 Å². The Hall–Kier alpha value is -1.39. The summed E-state index contributed by atoms with van der Waals surface area (Å²) in [5, 5.41) is 0. The van der Waals surface area contributed by atoms with Crippen LogP contribution in [0.4, 0.5) is 0 Å². The van der Waals surface area contributed by atoms with Crippen LogP contribution < -0.4 is 10.5 Å². The van der Waals surface area contributed by atoms with Gasteiger partial charge in [-0.05, 0) is 31.5 Å². The zero-order chi connectivity index (χ0) is 13.2. The molecule has 0 fully saturated rings. The molecule has 1 aromatic rings. The second-order valence-electron chi connectivity index (χ2n) is 4.01. The maximum atomic E-state index is 12.0. The lowest BCUT2D eigenvalue weighted by molar-refractivity contribution is 0.0971. The largest absolute Gasteiger partial charge is 0.490 e. The molecule has 0 atom stereocenters. The van der Waals surface area contributed by atoms with Gasteiger partial charge in [-0.3, -0.25) is 4.79 Å². The van der Waals surface area contributed by atoms with Gasteiger partial charge in [0.25, 0.3) is 0 Å². The van der Waals surface area contributed by atoms with Crippen LogP contribution in [0, 0.1) is 0 Å². The zero-order valence-electron chi connectivity index (χ0n) is 10.9. The van der Waals surface area contributed by atoms with Crippen LogP contribution in [-0.4, -0.2) is 32.7 Å². The molecular formula is C14H21NO3. The number of carbonyl (C=O) groups excluding carboxylic acids is 1. The SMILES string of the molecule is COCCOc1ccccc1C(=O)CCCCN. The van der Waals surface area contributed by atoms with Gasteiger partial charge >= 0.3 is 0 Å². The molecule has 1 aromatic carbocycles. The number of para-hydroxylation sites is 1. The number of ketones is 1. The van der Waals surface area contributed by atoms with Gasteiger partial charge in [0, 0.05) is 13.5 Å². The van der Waals surface area contributed by atoms with Crippen molar-refractivity contribution in [1.29, 1.82) is 0 Å². The first-order valence-corrected chi connectivity index (χ1v) is 6.23. The number of methoxy groups -OCH3 is 1. The highest BCUT2D eigenvalue weighted by molar-refractivity contribution is 5.98. The van der Waals surface area contributed by atoms with Crippen molar-refractivity contribution in [3.63, 3.8) is 0 Å². The van der Waals surface area contributed by atoms with Gasteiger partial charge in [-0.25, -0.2) is 0 Å². The summed E-state index contributed by atoms with van der Waals surface area (Å²) in [5.74, 6) is 0.740. The summed E-state index contributed by atoms with van der Waals surface area (Å²) < 4.78 is 10.5. The minimum absolute atomic E-state index is 0.108. The Morgan fingerprint density at radius 3 is 2.72 bits per heavy atom. The predicted molar refractivity (Wildman–Crippen MR) is 71.0 cm³/mol. The van der Waals surface area contributed by atoms with E-state index >= 15 is 0 Å². The molecule has 0 amide bonds. The number of Topliss-reactive ketones (excluding diaryl/α,β-unsaturated/α-hetero) is 1. The molecule has 0 aromatic heterocycles. The smallest absolute Gasteiger partial charge is 0.166 e. The number of nitrogens with two attached hydrogens (primary N) is 1. The predicted octanol–water partition coefficient (Wildman–Crippen LogP) is 2.02. The number of rotatable bonds is 9. The molecule has 100 valence electrons. The van der Waals surface area contributed by atoms with Gasteiger partial charge in [-0.1, -0.05) is 12.1 Å². The molecule has 4 nitrogen and oxygen atoms in total. The second-order valence-corrected chi connectivity index (χ2v) is 4.01. The van der Waals surface area contributed by atoms with Crippen molar-refractivity contribution in [2.24, 2.45) is 5.73 Å². The van der Waals surface area contributed by atoms with Gasteiger partial charge in [-0.2, -0.15) is 0 Å². The van der Waals surface area contributed by atoms with Crippen LogP contribution >= 0.6 is 0 Å². The molecule has 1 rings (SSSR count). The highest BCUT2D eigenvalue weighted by atomic mass is 16.5. The molecule has 2 N–H and O–H groups in total. The lowest BCUT2D eigenvalue weighted by Gasteiger charge is -2.10. The molecule has 0 aliphatic carbocycles. The summed E-state index contributed by atoms with van der Waals surface area (Å²) in [7, 11) is 1.62. The number of ether oxygens (including phenoxy) is 2. The lowest BCUT2D eigenvalue weighted by Crippen LogP contribution is -2.09. The van der Waals surface area contributed by atoms with E-state index in [1.165, 1.54) is 0 Å². The fourth-order valence-electron chi connectivity index (χ4n) is 1.62. The van der Waals surface area contributed by atoms with E-state index in [1.54, 1.807) is 13.2 Å². The fraction of sp³-hybridized carbons (Fsp3) is 0.500.